The average Bonchev–Trinajstić information content (AvgIpc) is 3.18. The number of carbonyl (C=O) groups excluding carboxylic acids is 3. The van der Waals surface area contributed by atoms with E-state index < -0.39 is 0 Å². The number of nitrogens with zero attached hydrogens (tertiary/aromatic N) is 1. The third-order valence-corrected chi connectivity index (χ3v) is 5.98. The monoisotopic (exact) mass is 497 g/mol. The molecule has 4 aromatic rings. The third-order valence-electron chi connectivity index (χ3n) is 5.98. The number of rotatable bonds is 7. The van der Waals surface area contributed by atoms with E-state index in [1.54, 1.807) is 48.5 Å². The van der Waals surface area contributed by atoms with Gasteiger partial charge in [-0.25, -0.2) is 4.99 Å². The van der Waals surface area contributed by atoms with E-state index in [1.165, 1.54) is 21.0 Å². The number of aromatic amines is 1. The number of Topliss-reactive ketones (excluding diaryl/α,β-unsaturated/α-hetero) is 1. The van der Waals surface area contributed by atoms with E-state index in [4.69, 9.17) is 9.73 Å². The van der Waals surface area contributed by atoms with Crippen molar-refractivity contribution < 1.29 is 24.2 Å². The lowest BCUT2D eigenvalue weighted by molar-refractivity contribution is -0.139. The number of H-pyrrole nitrogens is 1. The van der Waals surface area contributed by atoms with Gasteiger partial charge in [0.05, 0.1) is 30.5 Å². The molecule has 0 fully saturated rings. The first kappa shape index (κ1) is 25.4. The number of ketones is 1. The number of aryl methyl sites for hydroxylation is 1. The fourth-order valence-electron chi connectivity index (χ4n) is 4.15. The Balaban J connectivity index is 1.90. The fraction of sp³-hybridized carbons (Fsp3) is 0.172. The van der Waals surface area contributed by atoms with Crippen molar-refractivity contribution in [3.63, 3.8) is 0 Å². The predicted molar refractivity (Wildman–Crippen MR) is 143 cm³/mol. The van der Waals surface area contributed by atoms with Gasteiger partial charge in [-0.15, -0.1) is 0 Å². The van der Waals surface area contributed by atoms with Crippen molar-refractivity contribution in [3.05, 3.63) is 88.5 Å². The normalized spacial score (nSPS) is 11.4. The van der Waals surface area contributed by atoms with Gasteiger partial charge in [0.25, 0.3) is 0 Å². The molecule has 0 aliphatic carbocycles. The predicted octanol–water partition coefficient (Wildman–Crippen LogP) is 5.23. The van der Waals surface area contributed by atoms with Crippen molar-refractivity contribution in [2.24, 2.45) is 4.99 Å². The van der Waals surface area contributed by atoms with Crippen LogP contribution < -0.4 is 5.32 Å². The molecule has 0 spiro atoms. The van der Waals surface area contributed by atoms with Gasteiger partial charge in [-0.05, 0) is 67.4 Å². The fourth-order valence-corrected chi connectivity index (χ4v) is 4.15. The molecule has 0 aliphatic heterocycles. The Kier molecular flexibility index (Phi) is 7.20. The van der Waals surface area contributed by atoms with Crippen molar-refractivity contribution in [2.75, 3.05) is 12.4 Å². The molecule has 37 heavy (non-hydrogen) atoms. The number of hydrogen-bond donors (Lipinski definition) is 3. The van der Waals surface area contributed by atoms with Crippen molar-refractivity contribution in [2.45, 2.75) is 27.2 Å². The summed E-state index contributed by atoms with van der Waals surface area (Å²) in [5.41, 5.74) is 5.69. The van der Waals surface area contributed by atoms with Crippen LogP contribution in [0.15, 0.2) is 65.7 Å². The molecule has 0 saturated carbocycles. The Labute approximate surface area is 214 Å². The molecule has 1 heterocycles. The molecule has 0 saturated heterocycles. The van der Waals surface area contributed by atoms with Crippen LogP contribution in [0, 0.1) is 6.92 Å². The first-order valence-electron chi connectivity index (χ1n) is 11.7. The number of nitrogens with one attached hydrogen (secondary N) is 2. The highest BCUT2D eigenvalue weighted by Gasteiger charge is 2.21. The minimum absolute atomic E-state index is 0.0814. The van der Waals surface area contributed by atoms with Crippen LogP contribution in [-0.2, 0) is 20.7 Å². The summed E-state index contributed by atoms with van der Waals surface area (Å²) in [7, 11) is 1.35. The number of aliphatic imine (C=N–C) groups is 1. The molecule has 0 aliphatic rings. The van der Waals surface area contributed by atoms with Crippen LogP contribution in [-0.4, -0.2) is 40.6 Å². The third kappa shape index (κ3) is 5.59. The van der Waals surface area contributed by atoms with Gasteiger partial charge < -0.3 is 20.1 Å². The van der Waals surface area contributed by atoms with E-state index in [1.807, 2.05) is 19.1 Å². The van der Waals surface area contributed by atoms with E-state index in [2.05, 4.69) is 10.3 Å². The summed E-state index contributed by atoms with van der Waals surface area (Å²) in [5, 5.41) is 14.4. The highest BCUT2D eigenvalue weighted by Crippen LogP contribution is 2.33. The maximum Gasteiger partial charge on any atom is 0.309 e. The number of benzene rings is 3. The van der Waals surface area contributed by atoms with Crippen LogP contribution in [0.25, 0.3) is 10.9 Å². The smallest absolute Gasteiger partial charge is 0.309 e. The molecule has 188 valence electrons. The van der Waals surface area contributed by atoms with Gasteiger partial charge in [0.15, 0.2) is 11.7 Å². The zero-order valence-corrected chi connectivity index (χ0v) is 21.0. The number of aromatic hydroxyl groups is 1. The number of carbonyl (C=O) groups is 3. The maximum atomic E-state index is 12.1. The zero-order valence-electron chi connectivity index (χ0n) is 21.0. The lowest BCUT2D eigenvalue weighted by Crippen LogP contribution is -2.09. The lowest BCUT2D eigenvalue weighted by atomic mass is 9.95. The summed E-state index contributed by atoms with van der Waals surface area (Å²) in [6, 6.07) is 17.8. The van der Waals surface area contributed by atoms with Crippen molar-refractivity contribution >= 4 is 45.6 Å². The largest absolute Gasteiger partial charge is 0.494 e. The van der Waals surface area contributed by atoms with Gasteiger partial charge in [0.1, 0.15) is 0 Å². The number of ether oxygens (including phenoxy) is 1. The van der Waals surface area contributed by atoms with Gasteiger partial charge >= 0.3 is 5.97 Å². The Morgan fingerprint density at radius 1 is 1.00 bits per heavy atom. The van der Waals surface area contributed by atoms with Crippen LogP contribution in [0.3, 0.4) is 0 Å². The number of methoxy groups -OCH3 is 1. The molecule has 0 atom stereocenters. The SMILES string of the molecule is COC(=O)Cc1ccc(N=C(c2ccc(NC(C)=O)cc2C)c2c(O)[nH]c3ccc(C(C)=O)cc23)cc1. The Morgan fingerprint density at radius 3 is 2.35 bits per heavy atom. The summed E-state index contributed by atoms with van der Waals surface area (Å²) in [6.07, 6.45) is 0.147. The zero-order chi connectivity index (χ0) is 26.7. The summed E-state index contributed by atoms with van der Waals surface area (Å²) >= 11 is 0. The minimum Gasteiger partial charge on any atom is -0.494 e. The molecule has 8 heteroatoms. The van der Waals surface area contributed by atoms with Crippen LogP contribution in [0.5, 0.6) is 5.88 Å². The number of aromatic nitrogens is 1. The number of hydrogen-bond acceptors (Lipinski definition) is 6. The molecule has 8 nitrogen and oxygen atoms in total. The maximum absolute atomic E-state index is 12.1. The Hall–Kier alpha value is -4.72. The minimum atomic E-state index is -0.336. The van der Waals surface area contributed by atoms with Gasteiger partial charge in [0, 0.05) is 34.6 Å². The highest BCUT2D eigenvalue weighted by molar-refractivity contribution is 6.23. The topological polar surface area (TPSA) is 121 Å². The van der Waals surface area contributed by atoms with Crippen molar-refractivity contribution in [1.29, 1.82) is 0 Å². The molecular weight excluding hydrogens is 470 g/mol. The summed E-state index contributed by atoms with van der Waals surface area (Å²) < 4.78 is 4.74. The van der Waals surface area contributed by atoms with Gasteiger partial charge in [0.2, 0.25) is 5.91 Å². The average molecular weight is 498 g/mol. The second-order valence-corrected chi connectivity index (χ2v) is 8.76. The second-order valence-electron chi connectivity index (χ2n) is 8.76. The van der Waals surface area contributed by atoms with Crippen molar-refractivity contribution in [1.82, 2.24) is 4.98 Å². The molecule has 3 N–H and O–H groups in total. The van der Waals surface area contributed by atoms with Gasteiger partial charge in [-0.2, -0.15) is 0 Å². The van der Waals surface area contributed by atoms with Gasteiger partial charge in [-0.3, -0.25) is 14.4 Å². The molecule has 4 rings (SSSR count). The number of anilines is 1. The summed E-state index contributed by atoms with van der Waals surface area (Å²) in [4.78, 5) is 43.1. The molecule has 0 bridgehead atoms. The van der Waals surface area contributed by atoms with E-state index in [0.717, 1.165) is 16.7 Å². The van der Waals surface area contributed by atoms with Crippen LogP contribution in [0.1, 0.15) is 46.5 Å². The number of amides is 1. The number of esters is 1. The molecular formula is C29H27N3O5. The first-order valence-corrected chi connectivity index (χ1v) is 11.7. The van der Waals surface area contributed by atoms with E-state index in [9.17, 15) is 19.5 Å². The van der Waals surface area contributed by atoms with E-state index in [0.29, 0.717) is 39.1 Å². The first-order chi connectivity index (χ1) is 17.7. The van der Waals surface area contributed by atoms with E-state index >= 15 is 0 Å². The Bertz CT molecular complexity index is 1550. The number of fused-ring (bicyclic) bond motifs is 1. The molecule has 1 amide bonds. The summed E-state index contributed by atoms with van der Waals surface area (Å²) in [5.74, 6) is -0.692. The molecule has 3 aromatic carbocycles. The quantitative estimate of drug-likeness (QED) is 0.183. The van der Waals surface area contributed by atoms with Crippen molar-refractivity contribution in [3.8, 4) is 5.88 Å². The van der Waals surface area contributed by atoms with Gasteiger partial charge in [-0.1, -0.05) is 18.2 Å². The summed E-state index contributed by atoms with van der Waals surface area (Å²) in [6.45, 7) is 4.82. The molecule has 0 unspecified atom stereocenters. The van der Waals surface area contributed by atoms with E-state index in [-0.39, 0.29) is 30.0 Å². The van der Waals surface area contributed by atoms with Crippen LogP contribution >= 0.6 is 0 Å². The van der Waals surface area contributed by atoms with Crippen LogP contribution in [0.2, 0.25) is 0 Å². The molecule has 1 aromatic heterocycles. The van der Waals surface area contributed by atoms with Crippen LogP contribution in [0.4, 0.5) is 11.4 Å². The Morgan fingerprint density at radius 2 is 1.73 bits per heavy atom. The standard InChI is InChI=1S/C29H27N3O5/c1-16-13-22(30-18(3)34)10-11-23(16)28(31-21-8-5-19(6-9-21)14-26(35)37-4)27-24-15-20(17(2)33)7-12-25(24)32-29(27)36/h5-13,15,32,36H,14H2,1-4H3,(H,30,34). The molecule has 0 radical (unpaired) electrons. The second kappa shape index (κ2) is 10.5. The highest BCUT2D eigenvalue weighted by atomic mass is 16.5. The lowest BCUT2D eigenvalue weighted by Gasteiger charge is -2.13.